The zero-order chi connectivity index (χ0) is 16.7. The molecule has 3 nitrogen and oxygen atoms in total. The van der Waals surface area contributed by atoms with E-state index < -0.39 is 0 Å². The minimum Gasteiger partial charge on any atom is -0.460 e. The van der Waals surface area contributed by atoms with Gasteiger partial charge in [-0.1, -0.05) is 64.2 Å². The highest BCUT2D eigenvalue weighted by Crippen LogP contribution is 2.14. The summed E-state index contributed by atoms with van der Waals surface area (Å²) in [7, 11) is 0. The van der Waals surface area contributed by atoms with Crippen LogP contribution in [0.3, 0.4) is 0 Å². The van der Waals surface area contributed by atoms with E-state index in [4.69, 9.17) is 9.84 Å². The second-order valence-electron chi connectivity index (χ2n) is 7.30. The highest BCUT2D eigenvalue weighted by Gasteiger charge is 2.15. The molecule has 0 aromatic rings. The summed E-state index contributed by atoms with van der Waals surface area (Å²) in [5.41, 5.74) is -0.352. The number of carbonyl (C=O) groups excluding carboxylic acids is 1. The molecule has 0 atom stereocenters. The Kier molecular flexibility index (Phi) is 13.7. The van der Waals surface area contributed by atoms with Crippen molar-refractivity contribution in [3.8, 4) is 0 Å². The molecule has 0 radical (unpaired) electrons. The number of aliphatic hydroxyl groups is 1. The van der Waals surface area contributed by atoms with Crippen LogP contribution in [0.25, 0.3) is 0 Å². The van der Waals surface area contributed by atoms with Gasteiger partial charge in [0.2, 0.25) is 0 Å². The van der Waals surface area contributed by atoms with Crippen molar-refractivity contribution in [3.63, 3.8) is 0 Å². The lowest BCUT2D eigenvalue weighted by Crippen LogP contribution is -2.23. The first kappa shape index (κ1) is 21.4. The molecule has 0 amide bonds. The second-order valence-corrected chi connectivity index (χ2v) is 7.30. The van der Waals surface area contributed by atoms with E-state index in [0.29, 0.717) is 13.0 Å². The van der Waals surface area contributed by atoms with Gasteiger partial charge in [-0.25, -0.2) is 0 Å². The summed E-state index contributed by atoms with van der Waals surface area (Å²) in [6.07, 6.45) is 15.2. The highest BCUT2D eigenvalue weighted by atomic mass is 16.6. The largest absolute Gasteiger partial charge is 0.460 e. The van der Waals surface area contributed by atoms with Crippen molar-refractivity contribution in [2.45, 2.75) is 110 Å². The van der Waals surface area contributed by atoms with E-state index in [1.807, 2.05) is 20.8 Å². The number of carbonyl (C=O) groups is 1. The Hall–Kier alpha value is -0.570. The Morgan fingerprint density at radius 1 is 0.727 bits per heavy atom. The van der Waals surface area contributed by atoms with Crippen LogP contribution in [0.2, 0.25) is 0 Å². The molecule has 0 rings (SSSR count). The fraction of sp³-hybridized carbons (Fsp3) is 0.947. The normalized spacial score (nSPS) is 11.6. The van der Waals surface area contributed by atoms with Crippen molar-refractivity contribution >= 4 is 5.97 Å². The molecule has 0 bridgehead atoms. The Morgan fingerprint density at radius 2 is 1.09 bits per heavy atom. The Morgan fingerprint density at radius 3 is 1.45 bits per heavy atom. The van der Waals surface area contributed by atoms with Gasteiger partial charge in [0.05, 0.1) is 0 Å². The van der Waals surface area contributed by atoms with Gasteiger partial charge in [0, 0.05) is 13.0 Å². The van der Waals surface area contributed by atoms with Gasteiger partial charge in [-0.15, -0.1) is 0 Å². The van der Waals surface area contributed by atoms with Gasteiger partial charge in [0.15, 0.2) is 0 Å². The molecule has 0 aliphatic heterocycles. The molecule has 132 valence electrons. The van der Waals surface area contributed by atoms with Crippen molar-refractivity contribution in [1.29, 1.82) is 0 Å². The Labute approximate surface area is 137 Å². The number of aliphatic hydroxyl groups excluding tert-OH is 1. The van der Waals surface area contributed by atoms with Gasteiger partial charge < -0.3 is 9.84 Å². The van der Waals surface area contributed by atoms with Crippen LogP contribution in [0, 0.1) is 0 Å². The van der Waals surface area contributed by atoms with Crippen LogP contribution in [0.4, 0.5) is 0 Å². The monoisotopic (exact) mass is 314 g/mol. The van der Waals surface area contributed by atoms with E-state index in [-0.39, 0.29) is 11.6 Å². The maximum atomic E-state index is 11.5. The molecular weight excluding hydrogens is 276 g/mol. The van der Waals surface area contributed by atoms with E-state index in [1.54, 1.807) is 0 Å². The van der Waals surface area contributed by atoms with Crippen LogP contribution in [0.1, 0.15) is 104 Å². The van der Waals surface area contributed by atoms with Crippen LogP contribution in [0.5, 0.6) is 0 Å². The van der Waals surface area contributed by atoms with Gasteiger partial charge in [0.25, 0.3) is 0 Å². The van der Waals surface area contributed by atoms with Gasteiger partial charge in [0.1, 0.15) is 5.60 Å². The van der Waals surface area contributed by atoms with Crippen LogP contribution in [-0.2, 0) is 9.53 Å². The number of esters is 1. The topological polar surface area (TPSA) is 46.5 Å². The van der Waals surface area contributed by atoms with Gasteiger partial charge in [-0.3, -0.25) is 4.79 Å². The zero-order valence-corrected chi connectivity index (χ0v) is 15.2. The van der Waals surface area contributed by atoms with Gasteiger partial charge in [-0.2, -0.15) is 0 Å². The molecule has 3 heteroatoms. The molecular formula is C19H38O3. The van der Waals surface area contributed by atoms with Crippen molar-refractivity contribution in [3.05, 3.63) is 0 Å². The predicted molar refractivity (Wildman–Crippen MR) is 93.0 cm³/mol. The van der Waals surface area contributed by atoms with Crippen LogP contribution < -0.4 is 0 Å². The molecule has 0 aliphatic carbocycles. The van der Waals surface area contributed by atoms with E-state index in [2.05, 4.69) is 0 Å². The third kappa shape index (κ3) is 17.5. The van der Waals surface area contributed by atoms with E-state index >= 15 is 0 Å². The maximum Gasteiger partial charge on any atom is 0.306 e. The average Bonchev–Trinajstić information content (AvgIpc) is 2.42. The summed E-state index contributed by atoms with van der Waals surface area (Å²) < 4.78 is 5.29. The molecule has 0 aliphatic rings. The summed E-state index contributed by atoms with van der Waals surface area (Å²) in [6.45, 7) is 6.08. The van der Waals surface area contributed by atoms with Crippen molar-refractivity contribution in [1.82, 2.24) is 0 Å². The molecule has 22 heavy (non-hydrogen) atoms. The molecule has 0 unspecified atom stereocenters. The standard InChI is InChI=1S/C19H38O3/c1-19(2,3)22-18(21)16-14-12-10-8-6-4-5-7-9-11-13-15-17-20/h20H,4-17H2,1-3H3. The minimum absolute atomic E-state index is 0.0614. The van der Waals surface area contributed by atoms with Crippen LogP contribution in [0.15, 0.2) is 0 Å². The average molecular weight is 315 g/mol. The number of hydrogen-bond acceptors (Lipinski definition) is 3. The van der Waals surface area contributed by atoms with Gasteiger partial charge >= 0.3 is 5.97 Å². The number of unbranched alkanes of at least 4 members (excludes halogenated alkanes) is 11. The third-order valence-corrected chi connectivity index (χ3v) is 3.71. The predicted octanol–water partition coefficient (Wildman–Crippen LogP) is 5.39. The summed E-state index contributed by atoms with van der Waals surface area (Å²) in [6, 6.07) is 0. The lowest BCUT2D eigenvalue weighted by molar-refractivity contribution is -0.154. The molecule has 0 aromatic heterocycles. The molecule has 0 spiro atoms. The first-order chi connectivity index (χ1) is 10.5. The van der Waals surface area contributed by atoms with Crippen molar-refractivity contribution < 1.29 is 14.6 Å². The van der Waals surface area contributed by atoms with E-state index in [9.17, 15) is 4.79 Å². The van der Waals surface area contributed by atoms with Gasteiger partial charge in [-0.05, 0) is 33.6 Å². The Bertz CT molecular complexity index is 256. The molecule has 0 saturated heterocycles. The lowest BCUT2D eigenvalue weighted by atomic mass is 10.0. The zero-order valence-electron chi connectivity index (χ0n) is 15.2. The Balaban J connectivity index is 3.16. The van der Waals surface area contributed by atoms with E-state index in [0.717, 1.165) is 19.3 Å². The van der Waals surface area contributed by atoms with Crippen LogP contribution >= 0.6 is 0 Å². The lowest BCUT2D eigenvalue weighted by Gasteiger charge is -2.19. The first-order valence-corrected chi connectivity index (χ1v) is 9.28. The molecule has 0 saturated carbocycles. The number of rotatable bonds is 14. The van der Waals surface area contributed by atoms with Crippen molar-refractivity contribution in [2.24, 2.45) is 0 Å². The summed E-state index contributed by atoms with van der Waals surface area (Å²) >= 11 is 0. The smallest absolute Gasteiger partial charge is 0.306 e. The summed E-state index contributed by atoms with van der Waals surface area (Å²) in [4.78, 5) is 11.5. The first-order valence-electron chi connectivity index (χ1n) is 9.28. The molecule has 0 fully saturated rings. The fourth-order valence-corrected chi connectivity index (χ4v) is 2.54. The summed E-state index contributed by atoms with van der Waals surface area (Å²) in [5, 5.41) is 8.68. The third-order valence-electron chi connectivity index (χ3n) is 3.71. The maximum absolute atomic E-state index is 11.5. The van der Waals surface area contributed by atoms with Crippen molar-refractivity contribution in [2.75, 3.05) is 6.61 Å². The molecule has 1 N–H and O–H groups in total. The second kappa shape index (κ2) is 14.0. The minimum atomic E-state index is -0.352. The quantitative estimate of drug-likeness (QED) is 0.345. The SMILES string of the molecule is CC(C)(C)OC(=O)CCCCCCCCCCCCCCO. The number of ether oxygens (including phenoxy) is 1. The fourth-order valence-electron chi connectivity index (χ4n) is 2.54. The van der Waals surface area contributed by atoms with E-state index in [1.165, 1.54) is 57.8 Å². The molecule has 0 aromatic carbocycles. The highest BCUT2D eigenvalue weighted by molar-refractivity contribution is 5.69. The van der Waals surface area contributed by atoms with Crippen LogP contribution in [-0.4, -0.2) is 23.3 Å². The number of hydrogen-bond donors (Lipinski definition) is 1. The summed E-state index contributed by atoms with van der Waals surface area (Å²) in [5.74, 6) is -0.0614. The molecule has 0 heterocycles.